The smallest absolute Gasteiger partial charge is 0.446 e. The summed E-state index contributed by atoms with van der Waals surface area (Å²) in [7, 11) is 0. The van der Waals surface area contributed by atoms with Crippen LogP contribution in [0.3, 0.4) is 0 Å². The predicted molar refractivity (Wildman–Crippen MR) is 279 cm³/mol. The number of aromatic amines is 1. The van der Waals surface area contributed by atoms with Crippen LogP contribution >= 0.6 is 35.3 Å². The molecule has 3 aromatic carbocycles. The lowest BCUT2D eigenvalue weighted by Crippen LogP contribution is -2.50. The Kier molecular flexibility index (Phi) is 15.7. The number of rotatable bonds is 15. The first kappa shape index (κ1) is 50.9. The van der Waals surface area contributed by atoms with Gasteiger partial charge in [0.1, 0.15) is 22.7 Å². The largest absolute Gasteiger partial charge is 0.455 e. The monoisotopic (exact) mass is 1030 g/mol. The number of piperazine rings is 2. The number of carbonyl (C=O) groups is 2. The van der Waals surface area contributed by atoms with Crippen molar-refractivity contribution in [3.05, 3.63) is 107 Å². The van der Waals surface area contributed by atoms with Gasteiger partial charge in [-0.15, -0.1) is 0 Å². The zero-order valence-corrected chi connectivity index (χ0v) is 42.9. The van der Waals surface area contributed by atoms with Crippen molar-refractivity contribution in [3.63, 3.8) is 0 Å². The van der Waals surface area contributed by atoms with Crippen molar-refractivity contribution < 1.29 is 32.2 Å². The molecule has 5 aromatic rings. The quantitative estimate of drug-likeness (QED) is 0.0528. The summed E-state index contributed by atoms with van der Waals surface area (Å²) < 4.78 is 56.4. The van der Waals surface area contributed by atoms with Gasteiger partial charge >= 0.3 is 11.6 Å². The van der Waals surface area contributed by atoms with E-state index in [4.69, 9.17) is 21.1 Å². The molecule has 3 fully saturated rings. The number of alkyl halides is 3. The van der Waals surface area contributed by atoms with E-state index in [9.17, 15) is 22.8 Å². The fourth-order valence-corrected chi connectivity index (χ4v) is 11.5. The lowest BCUT2D eigenvalue weighted by molar-refractivity contribution is -0.0328. The van der Waals surface area contributed by atoms with Gasteiger partial charge in [-0.2, -0.15) is 13.2 Å². The lowest BCUT2D eigenvalue weighted by Gasteiger charge is -2.47. The number of ether oxygens (including phenoxy) is 2. The van der Waals surface area contributed by atoms with E-state index < -0.39 is 17.0 Å². The number of allylic oxidation sites excluding steroid dienone is 1. The number of aromatic nitrogens is 2. The van der Waals surface area contributed by atoms with E-state index in [2.05, 4.69) is 46.8 Å². The zero-order valence-electron chi connectivity index (χ0n) is 40.5. The number of pyridine rings is 1. The van der Waals surface area contributed by atoms with Crippen LogP contribution in [0.4, 0.5) is 29.3 Å². The van der Waals surface area contributed by atoms with Gasteiger partial charge in [0.05, 0.1) is 11.8 Å². The van der Waals surface area contributed by atoms with Crippen molar-refractivity contribution in [2.45, 2.75) is 86.6 Å². The molecule has 0 radical (unpaired) electrons. The van der Waals surface area contributed by atoms with Gasteiger partial charge in [0.25, 0.3) is 5.91 Å². The van der Waals surface area contributed by atoms with E-state index in [1.54, 1.807) is 35.5 Å². The number of carbonyl (C=O) groups excluding carboxylic acids is 2. The van der Waals surface area contributed by atoms with Gasteiger partial charge in [0.2, 0.25) is 0 Å². The third-order valence-electron chi connectivity index (χ3n) is 13.9. The fourth-order valence-electron chi connectivity index (χ4n) is 9.99. The van der Waals surface area contributed by atoms with Crippen molar-refractivity contribution in [3.8, 4) is 11.5 Å². The molecule has 4 aliphatic rings. The van der Waals surface area contributed by atoms with Crippen molar-refractivity contribution in [1.29, 1.82) is 0 Å². The van der Waals surface area contributed by atoms with Crippen molar-refractivity contribution in [1.82, 2.24) is 29.4 Å². The Labute approximate surface area is 427 Å². The molecule has 0 atom stereocenters. The number of thioether (sulfide) groups is 1. The number of anilines is 2. The fraction of sp³-hybridized carbons (Fsp3) is 0.453. The SMILES string of the molecule is CC(C)(C)OC(=O)N1CCN(CCCNc2ccc(SNC(=O)c3ccc(N4CCN(CC5=C(c6ccc(Cl)cc6)CC6(CCC6)CC5)CC4)cc3Oc3cnc4[nH]ccc4c3)cc2SC(F)(F)F)CC1. The standard InChI is InChI=1S/C53H62ClF3N8O4S2/c1-51(2,3)69-50(67)65-28-22-62(23-29-65)21-5-19-58-45-13-11-42(32-47(45)70-53(55,56)57)71-61-49(66)43-12-10-40(31-46(43)68-41-30-37-15-20-59-48(37)60-34-41)64-26-24-63(25-27-64)35-38-14-18-52(16-4-17-52)33-44(38)36-6-8-39(54)9-7-36/h6-13,15,20,30-32,34,58H,4-5,14,16-19,21-29,33,35H2,1-3H3,(H,59,60)(H,61,66). The average Bonchev–Trinajstić information content (AvgIpc) is 3.80. The second-order valence-electron chi connectivity index (χ2n) is 20.1. The molecule has 3 N–H and O–H groups in total. The second-order valence-corrected chi connectivity index (χ2v) is 22.5. The van der Waals surface area contributed by atoms with Crippen molar-refractivity contribution in [2.24, 2.45) is 5.41 Å². The molecule has 1 saturated carbocycles. The third kappa shape index (κ3) is 13.3. The average molecular weight is 1030 g/mol. The summed E-state index contributed by atoms with van der Waals surface area (Å²) in [6.45, 7) is 13.5. The van der Waals surface area contributed by atoms with Crippen LogP contribution in [0.2, 0.25) is 5.02 Å². The normalized spacial score (nSPS) is 17.9. The van der Waals surface area contributed by atoms with Gasteiger partial charge in [0.15, 0.2) is 0 Å². The Morgan fingerprint density at radius 2 is 1.65 bits per heavy atom. The number of hydrogen-bond acceptors (Lipinski definition) is 11. The summed E-state index contributed by atoms with van der Waals surface area (Å²) in [4.78, 5) is 43.3. The van der Waals surface area contributed by atoms with E-state index in [1.807, 2.05) is 57.2 Å². The Bertz CT molecular complexity index is 2710. The Balaban J connectivity index is 0.839. The minimum absolute atomic E-state index is 0.00312. The van der Waals surface area contributed by atoms with E-state index >= 15 is 0 Å². The predicted octanol–water partition coefficient (Wildman–Crippen LogP) is 12.3. The van der Waals surface area contributed by atoms with Gasteiger partial charge in [-0.3, -0.25) is 19.3 Å². The molecule has 18 heteroatoms. The Morgan fingerprint density at radius 3 is 2.37 bits per heavy atom. The Hall–Kier alpha value is -5.07. The van der Waals surface area contributed by atoms with Crippen LogP contribution in [-0.2, 0) is 4.74 Å². The summed E-state index contributed by atoms with van der Waals surface area (Å²) >= 11 is 7.05. The summed E-state index contributed by atoms with van der Waals surface area (Å²) in [6.07, 6.45) is 11.3. The van der Waals surface area contributed by atoms with Crippen LogP contribution in [0.25, 0.3) is 16.6 Å². The second kappa shape index (κ2) is 22.0. The highest BCUT2D eigenvalue weighted by molar-refractivity contribution is 8.00. The maximum Gasteiger partial charge on any atom is 0.446 e. The molecule has 2 amide bonds. The molecule has 0 unspecified atom stereocenters. The highest BCUT2D eigenvalue weighted by Gasteiger charge is 2.41. The molecule has 0 bridgehead atoms. The molecule has 4 heterocycles. The molecule has 12 nitrogen and oxygen atoms in total. The molecule has 2 saturated heterocycles. The number of halogens is 4. The van der Waals surface area contributed by atoms with E-state index in [0.29, 0.717) is 72.3 Å². The minimum Gasteiger partial charge on any atom is -0.455 e. The summed E-state index contributed by atoms with van der Waals surface area (Å²) in [6, 6.07) is 22.4. The first-order valence-electron chi connectivity index (χ1n) is 24.5. The van der Waals surface area contributed by atoms with E-state index in [0.717, 1.165) is 80.2 Å². The highest BCUT2D eigenvalue weighted by atomic mass is 35.5. The van der Waals surface area contributed by atoms with Crippen LogP contribution in [0.5, 0.6) is 11.5 Å². The molecule has 378 valence electrons. The number of hydrogen-bond donors (Lipinski definition) is 3. The van der Waals surface area contributed by atoms with Crippen LogP contribution in [0.15, 0.2) is 101 Å². The van der Waals surface area contributed by atoms with Crippen LogP contribution in [-0.4, -0.2) is 120 Å². The maximum absolute atomic E-state index is 14.0. The summed E-state index contributed by atoms with van der Waals surface area (Å²) in [5.74, 6) is 0.332. The topological polar surface area (TPSA) is 118 Å². The molecular formula is C53H62ClF3N8O4S2. The van der Waals surface area contributed by atoms with Crippen LogP contribution in [0, 0.1) is 5.41 Å². The number of amides is 2. The Morgan fingerprint density at radius 1 is 0.887 bits per heavy atom. The first-order valence-corrected chi connectivity index (χ1v) is 26.6. The minimum atomic E-state index is -4.52. The first-order chi connectivity index (χ1) is 34.0. The number of benzene rings is 3. The number of fused-ring (bicyclic) bond motifs is 1. The zero-order chi connectivity index (χ0) is 49.8. The van der Waals surface area contributed by atoms with Gasteiger partial charge in [-0.05, 0) is 161 Å². The molecule has 1 spiro atoms. The molecule has 2 aliphatic heterocycles. The summed E-state index contributed by atoms with van der Waals surface area (Å²) in [5, 5.41) is 4.80. The molecule has 71 heavy (non-hydrogen) atoms. The van der Waals surface area contributed by atoms with Gasteiger partial charge in [0, 0.05) is 109 Å². The number of nitrogens with zero attached hydrogens (tertiary/aromatic N) is 5. The molecule has 2 aromatic heterocycles. The van der Waals surface area contributed by atoms with Crippen LogP contribution in [0.1, 0.15) is 81.6 Å². The molecule has 9 rings (SSSR count). The van der Waals surface area contributed by atoms with Crippen molar-refractivity contribution >= 4 is 75.3 Å². The number of H-pyrrole nitrogens is 1. The van der Waals surface area contributed by atoms with Crippen molar-refractivity contribution in [2.75, 3.05) is 82.2 Å². The van der Waals surface area contributed by atoms with Crippen LogP contribution < -0.4 is 19.7 Å². The maximum atomic E-state index is 14.0. The number of nitrogens with one attached hydrogen (secondary N) is 3. The molecule has 2 aliphatic carbocycles. The lowest BCUT2D eigenvalue weighted by atomic mass is 9.59. The van der Waals surface area contributed by atoms with E-state index in [1.165, 1.54) is 48.5 Å². The highest BCUT2D eigenvalue weighted by Crippen LogP contribution is 2.55. The van der Waals surface area contributed by atoms with Gasteiger partial charge < -0.3 is 29.6 Å². The third-order valence-corrected chi connectivity index (χ3v) is 15.8. The molecular weight excluding hydrogens is 969 g/mol. The van der Waals surface area contributed by atoms with Gasteiger partial charge in [-0.1, -0.05) is 35.7 Å². The summed E-state index contributed by atoms with van der Waals surface area (Å²) in [5.41, 5.74) is 1.95. The van der Waals surface area contributed by atoms with E-state index in [-0.39, 0.29) is 28.3 Å². The van der Waals surface area contributed by atoms with Gasteiger partial charge in [-0.25, -0.2) is 9.78 Å².